The van der Waals surface area contributed by atoms with Gasteiger partial charge in [0.15, 0.2) is 0 Å². The molecule has 1 heterocycles. The summed E-state index contributed by atoms with van der Waals surface area (Å²) in [4.78, 5) is 0. The van der Waals surface area contributed by atoms with Crippen LogP contribution < -0.4 is 5.32 Å². The fourth-order valence-corrected chi connectivity index (χ4v) is 1.20. The Morgan fingerprint density at radius 1 is 1.57 bits per heavy atom. The van der Waals surface area contributed by atoms with Crippen molar-refractivity contribution in [2.24, 2.45) is 7.05 Å². The summed E-state index contributed by atoms with van der Waals surface area (Å²) in [7, 11) is 1.93. The van der Waals surface area contributed by atoms with Crippen LogP contribution in [0.2, 0.25) is 0 Å². The summed E-state index contributed by atoms with van der Waals surface area (Å²) >= 11 is 0. The van der Waals surface area contributed by atoms with Crippen LogP contribution in [0.15, 0.2) is 18.5 Å². The van der Waals surface area contributed by atoms with E-state index in [9.17, 15) is 0 Å². The van der Waals surface area contributed by atoms with Gasteiger partial charge in [-0.3, -0.25) is 4.68 Å². The van der Waals surface area contributed by atoms with Gasteiger partial charge in [0, 0.05) is 24.8 Å². The summed E-state index contributed by atoms with van der Waals surface area (Å²) in [5, 5.41) is 7.46. The third kappa shape index (κ3) is 4.23. The van der Waals surface area contributed by atoms with E-state index in [4.69, 9.17) is 0 Å². The Bertz CT molecular complexity index is 286. The molecule has 0 saturated carbocycles. The molecule has 0 fully saturated rings. The van der Waals surface area contributed by atoms with E-state index in [0.29, 0.717) is 6.04 Å². The van der Waals surface area contributed by atoms with Crippen LogP contribution in [-0.4, -0.2) is 22.4 Å². The summed E-state index contributed by atoms with van der Waals surface area (Å²) < 4.78 is 1.81. The first-order chi connectivity index (χ1) is 6.68. The maximum atomic E-state index is 4.09. The molecule has 0 aromatic carbocycles. The van der Waals surface area contributed by atoms with E-state index in [2.05, 4.69) is 36.4 Å². The van der Waals surface area contributed by atoms with Gasteiger partial charge in [0.05, 0.1) is 6.20 Å². The van der Waals surface area contributed by atoms with Gasteiger partial charge in [-0.05, 0) is 13.0 Å². The molecule has 1 aromatic rings. The van der Waals surface area contributed by atoms with Crippen molar-refractivity contribution in [3.8, 4) is 0 Å². The number of hydrogen-bond acceptors (Lipinski definition) is 2. The van der Waals surface area contributed by atoms with E-state index in [0.717, 1.165) is 18.5 Å². The minimum atomic E-state index is 0.571. The molecular formula is C11H19N3. The first-order valence-electron chi connectivity index (χ1n) is 5.07. The molecule has 78 valence electrons. The smallest absolute Gasteiger partial charge is 0.0562 e. The quantitative estimate of drug-likeness (QED) is 0.723. The van der Waals surface area contributed by atoms with E-state index in [1.165, 1.54) is 0 Å². The number of aromatic nitrogens is 2. The summed E-state index contributed by atoms with van der Waals surface area (Å²) in [6.07, 6.45) is 9.22. The second kappa shape index (κ2) is 5.60. The zero-order valence-electron chi connectivity index (χ0n) is 9.20. The topological polar surface area (TPSA) is 29.9 Å². The zero-order chi connectivity index (χ0) is 10.4. The summed E-state index contributed by atoms with van der Waals surface area (Å²) in [6.45, 7) is 5.35. The third-order valence-electron chi connectivity index (χ3n) is 1.90. The van der Waals surface area contributed by atoms with Crippen molar-refractivity contribution in [3.05, 3.63) is 24.0 Å². The van der Waals surface area contributed by atoms with Gasteiger partial charge < -0.3 is 5.32 Å². The highest BCUT2D eigenvalue weighted by molar-refractivity contribution is 5.46. The monoisotopic (exact) mass is 193 g/mol. The van der Waals surface area contributed by atoms with E-state index >= 15 is 0 Å². The van der Waals surface area contributed by atoms with Gasteiger partial charge in [-0.25, -0.2) is 0 Å². The third-order valence-corrected chi connectivity index (χ3v) is 1.90. The average Bonchev–Trinajstić information content (AvgIpc) is 2.50. The van der Waals surface area contributed by atoms with E-state index in [1.807, 2.05) is 24.1 Å². The lowest BCUT2D eigenvalue weighted by Crippen LogP contribution is -2.23. The zero-order valence-corrected chi connectivity index (χ0v) is 9.20. The molecular weight excluding hydrogens is 174 g/mol. The lowest BCUT2D eigenvalue weighted by Gasteiger charge is -2.04. The number of hydrogen-bond donors (Lipinski definition) is 1. The molecule has 0 saturated heterocycles. The minimum absolute atomic E-state index is 0.571. The molecule has 14 heavy (non-hydrogen) atoms. The van der Waals surface area contributed by atoms with Gasteiger partial charge in [-0.1, -0.05) is 26.0 Å². The van der Waals surface area contributed by atoms with Crippen molar-refractivity contribution in [1.82, 2.24) is 15.1 Å². The Hall–Kier alpha value is -1.09. The number of nitrogens with zero attached hydrogens (tertiary/aromatic N) is 2. The van der Waals surface area contributed by atoms with Crippen LogP contribution in [0.25, 0.3) is 6.08 Å². The second-order valence-electron chi connectivity index (χ2n) is 3.75. The van der Waals surface area contributed by atoms with Gasteiger partial charge >= 0.3 is 0 Å². The van der Waals surface area contributed by atoms with Gasteiger partial charge in [0.25, 0.3) is 0 Å². The molecule has 0 spiro atoms. The van der Waals surface area contributed by atoms with Crippen molar-refractivity contribution >= 4 is 6.08 Å². The summed E-state index contributed by atoms with van der Waals surface area (Å²) in [5.41, 5.74) is 1.16. The minimum Gasteiger partial charge on any atom is -0.314 e. The second-order valence-corrected chi connectivity index (χ2v) is 3.75. The fraction of sp³-hybridized carbons (Fsp3) is 0.545. The molecule has 3 heteroatoms. The molecule has 1 rings (SSSR count). The molecule has 0 unspecified atom stereocenters. The van der Waals surface area contributed by atoms with Crippen LogP contribution in [0.1, 0.15) is 25.8 Å². The van der Waals surface area contributed by atoms with Crippen molar-refractivity contribution in [2.75, 3.05) is 6.54 Å². The van der Waals surface area contributed by atoms with E-state index < -0.39 is 0 Å². The Kier molecular flexibility index (Phi) is 4.40. The van der Waals surface area contributed by atoms with Crippen LogP contribution in [0.3, 0.4) is 0 Å². The lowest BCUT2D eigenvalue weighted by atomic mass is 10.3. The van der Waals surface area contributed by atoms with Crippen LogP contribution in [-0.2, 0) is 7.05 Å². The van der Waals surface area contributed by atoms with Gasteiger partial charge in [-0.2, -0.15) is 5.10 Å². The van der Waals surface area contributed by atoms with Crippen molar-refractivity contribution in [2.45, 2.75) is 26.3 Å². The van der Waals surface area contributed by atoms with E-state index in [-0.39, 0.29) is 0 Å². The molecule has 0 aliphatic carbocycles. The highest BCUT2D eigenvalue weighted by Crippen LogP contribution is 1.99. The number of rotatable bonds is 5. The maximum absolute atomic E-state index is 4.09. The van der Waals surface area contributed by atoms with Crippen LogP contribution >= 0.6 is 0 Å². The first-order valence-corrected chi connectivity index (χ1v) is 5.07. The SMILES string of the molecule is CC(C)NCCC=Cc1cnn(C)c1. The van der Waals surface area contributed by atoms with Gasteiger partial charge in [-0.15, -0.1) is 0 Å². The van der Waals surface area contributed by atoms with Crippen LogP contribution in [0.4, 0.5) is 0 Å². The lowest BCUT2D eigenvalue weighted by molar-refractivity contribution is 0.595. The van der Waals surface area contributed by atoms with Crippen molar-refractivity contribution in [1.29, 1.82) is 0 Å². The molecule has 0 atom stereocenters. The maximum Gasteiger partial charge on any atom is 0.0562 e. The standard InChI is InChI=1S/C11H19N3/c1-10(2)12-7-5-4-6-11-8-13-14(3)9-11/h4,6,8-10,12H,5,7H2,1-3H3. The average molecular weight is 193 g/mol. The molecule has 1 N–H and O–H groups in total. The Balaban J connectivity index is 2.21. The molecule has 0 bridgehead atoms. The normalized spacial score (nSPS) is 11.7. The predicted molar refractivity (Wildman–Crippen MR) is 60.0 cm³/mol. The Morgan fingerprint density at radius 2 is 2.36 bits per heavy atom. The van der Waals surface area contributed by atoms with Crippen molar-refractivity contribution < 1.29 is 0 Å². The molecule has 0 amide bonds. The molecule has 0 aliphatic rings. The number of aryl methyl sites for hydroxylation is 1. The van der Waals surface area contributed by atoms with Crippen LogP contribution in [0.5, 0.6) is 0 Å². The van der Waals surface area contributed by atoms with E-state index in [1.54, 1.807) is 0 Å². The molecule has 0 aliphatic heterocycles. The predicted octanol–water partition coefficient (Wildman–Crippen LogP) is 1.82. The van der Waals surface area contributed by atoms with Crippen molar-refractivity contribution in [3.63, 3.8) is 0 Å². The Labute approximate surface area is 85.8 Å². The fourth-order valence-electron chi connectivity index (χ4n) is 1.20. The molecule has 0 radical (unpaired) electrons. The highest BCUT2D eigenvalue weighted by Gasteiger charge is 1.90. The summed E-state index contributed by atoms with van der Waals surface area (Å²) in [5.74, 6) is 0. The largest absolute Gasteiger partial charge is 0.314 e. The van der Waals surface area contributed by atoms with Gasteiger partial charge in [0.2, 0.25) is 0 Å². The Morgan fingerprint density at radius 3 is 2.93 bits per heavy atom. The molecule has 3 nitrogen and oxygen atoms in total. The first kappa shape index (κ1) is 11.0. The van der Waals surface area contributed by atoms with Gasteiger partial charge in [0.1, 0.15) is 0 Å². The summed E-state index contributed by atoms with van der Waals surface area (Å²) in [6, 6.07) is 0.571. The number of nitrogens with one attached hydrogen (secondary N) is 1. The molecule has 1 aromatic heterocycles. The van der Waals surface area contributed by atoms with Crippen LogP contribution in [0, 0.1) is 0 Å². The highest BCUT2D eigenvalue weighted by atomic mass is 15.2.